The van der Waals surface area contributed by atoms with Crippen molar-refractivity contribution in [1.29, 1.82) is 0 Å². The first-order valence-corrected chi connectivity index (χ1v) is 6.64. The number of nitrogens with zero attached hydrogens (tertiary/aromatic N) is 2. The highest BCUT2D eigenvalue weighted by Crippen LogP contribution is 2.23. The normalized spacial score (nSPS) is 12.6. The number of benzene rings is 1. The molecule has 1 heterocycles. The van der Waals surface area contributed by atoms with Crippen molar-refractivity contribution in [3.8, 4) is 0 Å². The predicted molar refractivity (Wildman–Crippen MR) is 69.3 cm³/mol. The number of hydrogen-bond donors (Lipinski definition) is 2. The highest BCUT2D eigenvalue weighted by atomic mass is 35.5. The molecule has 1 aromatic carbocycles. The predicted octanol–water partition coefficient (Wildman–Crippen LogP) is 2.01. The van der Waals surface area contributed by atoms with Gasteiger partial charge in [-0.1, -0.05) is 16.8 Å². The zero-order chi connectivity index (χ0) is 13.0. The van der Waals surface area contributed by atoms with Crippen LogP contribution in [0.3, 0.4) is 0 Å². The van der Waals surface area contributed by atoms with E-state index < -0.39 is 6.10 Å². The van der Waals surface area contributed by atoms with Crippen molar-refractivity contribution in [1.82, 2.24) is 10.1 Å². The SMILES string of the molecule is NCC(O)c1nc(CSc2ccc(Cl)cc2)no1. The van der Waals surface area contributed by atoms with Gasteiger partial charge < -0.3 is 15.4 Å². The van der Waals surface area contributed by atoms with E-state index in [4.69, 9.17) is 21.9 Å². The molecule has 0 bridgehead atoms. The van der Waals surface area contributed by atoms with Crippen LogP contribution in [0.2, 0.25) is 5.02 Å². The van der Waals surface area contributed by atoms with Gasteiger partial charge >= 0.3 is 0 Å². The average Bonchev–Trinajstić information content (AvgIpc) is 2.86. The molecule has 1 aromatic heterocycles. The van der Waals surface area contributed by atoms with Crippen molar-refractivity contribution in [2.24, 2.45) is 5.73 Å². The summed E-state index contributed by atoms with van der Waals surface area (Å²) >= 11 is 7.35. The zero-order valence-corrected chi connectivity index (χ0v) is 11.0. The maximum atomic E-state index is 9.42. The van der Waals surface area contributed by atoms with Crippen LogP contribution in [0.15, 0.2) is 33.7 Å². The summed E-state index contributed by atoms with van der Waals surface area (Å²) in [6.45, 7) is 0.0615. The van der Waals surface area contributed by atoms with Crippen LogP contribution in [0.1, 0.15) is 17.8 Å². The quantitative estimate of drug-likeness (QED) is 0.818. The topological polar surface area (TPSA) is 85.2 Å². The Labute approximate surface area is 113 Å². The lowest BCUT2D eigenvalue weighted by Gasteiger charge is -1.99. The minimum absolute atomic E-state index is 0.0615. The minimum atomic E-state index is -0.896. The summed E-state index contributed by atoms with van der Waals surface area (Å²) in [6.07, 6.45) is -0.896. The Morgan fingerprint density at radius 2 is 2.11 bits per heavy atom. The van der Waals surface area contributed by atoms with E-state index in [0.717, 1.165) is 4.90 Å². The van der Waals surface area contributed by atoms with Crippen molar-refractivity contribution in [2.45, 2.75) is 16.8 Å². The Hall–Kier alpha value is -1.08. The molecule has 0 aliphatic carbocycles. The molecule has 2 rings (SSSR count). The van der Waals surface area contributed by atoms with Gasteiger partial charge in [0.05, 0.1) is 5.75 Å². The Bertz CT molecular complexity index is 503. The first-order chi connectivity index (χ1) is 8.69. The second-order valence-electron chi connectivity index (χ2n) is 3.54. The van der Waals surface area contributed by atoms with Gasteiger partial charge in [0.15, 0.2) is 5.82 Å². The van der Waals surface area contributed by atoms with Crippen LogP contribution in [0, 0.1) is 0 Å². The zero-order valence-electron chi connectivity index (χ0n) is 9.41. The summed E-state index contributed by atoms with van der Waals surface area (Å²) in [6, 6.07) is 7.49. The number of thioether (sulfide) groups is 1. The number of rotatable bonds is 5. The summed E-state index contributed by atoms with van der Waals surface area (Å²) in [4.78, 5) is 5.12. The number of aromatic nitrogens is 2. The third kappa shape index (κ3) is 3.46. The summed E-state index contributed by atoms with van der Waals surface area (Å²) in [5, 5.41) is 13.9. The molecule has 5 nitrogen and oxygen atoms in total. The van der Waals surface area contributed by atoms with Gasteiger partial charge in [0.1, 0.15) is 6.10 Å². The van der Waals surface area contributed by atoms with E-state index in [-0.39, 0.29) is 12.4 Å². The molecule has 3 N–H and O–H groups in total. The Balaban J connectivity index is 1.94. The Morgan fingerprint density at radius 3 is 2.78 bits per heavy atom. The van der Waals surface area contributed by atoms with E-state index in [1.165, 1.54) is 0 Å². The molecule has 0 aliphatic rings. The number of halogens is 1. The van der Waals surface area contributed by atoms with E-state index in [9.17, 15) is 5.11 Å². The molecule has 0 fully saturated rings. The van der Waals surface area contributed by atoms with Crippen molar-refractivity contribution in [2.75, 3.05) is 6.54 Å². The third-order valence-electron chi connectivity index (χ3n) is 2.17. The molecule has 0 radical (unpaired) electrons. The molecule has 0 saturated carbocycles. The van der Waals surface area contributed by atoms with E-state index in [1.807, 2.05) is 24.3 Å². The molecular formula is C11H12ClN3O2S. The molecule has 1 atom stereocenters. The fourth-order valence-corrected chi connectivity index (χ4v) is 2.11. The second-order valence-corrected chi connectivity index (χ2v) is 5.03. The van der Waals surface area contributed by atoms with Gasteiger partial charge in [-0.3, -0.25) is 0 Å². The molecule has 18 heavy (non-hydrogen) atoms. The van der Waals surface area contributed by atoms with Gasteiger partial charge in [0.2, 0.25) is 0 Å². The van der Waals surface area contributed by atoms with Crippen molar-refractivity contribution < 1.29 is 9.63 Å². The summed E-state index contributed by atoms with van der Waals surface area (Å²) in [5.74, 6) is 1.24. The molecule has 0 spiro atoms. The first-order valence-electron chi connectivity index (χ1n) is 5.28. The lowest BCUT2D eigenvalue weighted by atomic mass is 10.4. The largest absolute Gasteiger partial charge is 0.382 e. The van der Waals surface area contributed by atoms with Crippen LogP contribution < -0.4 is 5.73 Å². The van der Waals surface area contributed by atoms with Crippen molar-refractivity contribution in [3.63, 3.8) is 0 Å². The van der Waals surface area contributed by atoms with Gasteiger partial charge in [0.25, 0.3) is 5.89 Å². The lowest BCUT2D eigenvalue weighted by Crippen LogP contribution is -2.11. The maximum Gasteiger partial charge on any atom is 0.256 e. The number of aliphatic hydroxyl groups excluding tert-OH is 1. The van der Waals surface area contributed by atoms with Crippen LogP contribution in [-0.2, 0) is 5.75 Å². The van der Waals surface area contributed by atoms with Crippen LogP contribution in [0.5, 0.6) is 0 Å². The monoisotopic (exact) mass is 285 g/mol. The van der Waals surface area contributed by atoms with Crippen molar-refractivity contribution >= 4 is 23.4 Å². The Kier molecular flexibility index (Phi) is 4.60. The molecule has 96 valence electrons. The van der Waals surface area contributed by atoms with E-state index in [1.54, 1.807) is 11.8 Å². The van der Waals surface area contributed by atoms with E-state index in [2.05, 4.69) is 10.1 Å². The summed E-state index contributed by atoms with van der Waals surface area (Å²) in [7, 11) is 0. The highest BCUT2D eigenvalue weighted by Gasteiger charge is 2.14. The number of nitrogens with two attached hydrogens (primary N) is 1. The van der Waals surface area contributed by atoms with Gasteiger partial charge in [-0.25, -0.2) is 0 Å². The summed E-state index contributed by atoms with van der Waals surface area (Å²) < 4.78 is 4.90. The fourth-order valence-electron chi connectivity index (χ4n) is 1.24. The van der Waals surface area contributed by atoms with Crippen LogP contribution in [0.25, 0.3) is 0 Å². The van der Waals surface area contributed by atoms with Crippen LogP contribution in [-0.4, -0.2) is 21.8 Å². The summed E-state index contributed by atoms with van der Waals surface area (Å²) in [5.41, 5.74) is 5.30. The molecule has 0 aliphatic heterocycles. The standard InChI is InChI=1S/C11H12ClN3O2S/c12-7-1-3-8(4-2-7)18-6-10-14-11(17-15-10)9(16)5-13/h1-4,9,16H,5-6,13H2. The van der Waals surface area contributed by atoms with E-state index in [0.29, 0.717) is 16.6 Å². The molecule has 2 aromatic rings. The van der Waals surface area contributed by atoms with Gasteiger partial charge in [-0.05, 0) is 24.3 Å². The van der Waals surface area contributed by atoms with Crippen LogP contribution in [0.4, 0.5) is 0 Å². The minimum Gasteiger partial charge on any atom is -0.382 e. The molecule has 0 saturated heterocycles. The average molecular weight is 286 g/mol. The Morgan fingerprint density at radius 1 is 1.39 bits per heavy atom. The lowest BCUT2D eigenvalue weighted by molar-refractivity contribution is 0.141. The smallest absolute Gasteiger partial charge is 0.256 e. The van der Waals surface area contributed by atoms with Crippen molar-refractivity contribution in [3.05, 3.63) is 41.0 Å². The second kappa shape index (κ2) is 6.19. The first kappa shape index (κ1) is 13.4. The van der Waals surface area contributed by atoms with Crippen LogP contribution >= 0.6 is 23.4 Å². The molecule has 7 heteroatoms. The highest BCUT2D eigenvalue weighted by molar-refractivity contribution is 7.98. The number of aliphatic hydroxyl groups is 1. The van der Waals surface area contributed by atoms with Gasteiger partial charge in [0, 0.05) is 16.5 Å². The fraction of sp³-hybridized carbons (Fsp3) is 0.273. The number of hydrogen-bond acceptors (Lipinski definition) is 6. The third-order valence-corrected chi connectivity index (χ3v) is 3.43. The molecular weight excluding hydrogens is 274 g/mol. The van der Waals surface area contributed by atoms with Gasteiger partial charge in [-0.2, -0.15) is 4.98 Å². The molecule has 1 unspecified atom stereocenters. The molecule has 0 amide bonds. The van der Waals surface area contributed by atoms with E-state index >= 15 is 0 Å². The van der Waals surface area contributed by atoms with Gasteiger partial charge in [-0.15, -0.1) is 11.8 Å². The maximum absolute atomic E-state index is 9.42.